The Morgan fingerprint density at radius 1 is 1.33 bits per heavy atom. The molecule has 2 aromatic rings. The van der Waals surface area contributed by atoms with Crippen LogP contribution < -0.4 is 4.74 Å². The topological polar surface area (TPSA) is 64.6 Å². The Hall–Kier alpha value is -1.86. The molecular weight excluding hydrogens is 422 g/mol. The number of amides is 1. The van der Waals surface area contributed by atoms with Crippen LogP contribution in [0.15, 0.2) is 12.3 Å². The summed E-state index contributed by atoms with van der Waals surface area (Å²) in [4.78, 5) is 23.8. The van der Waals surface area contributed by atoms with E-state index in [1.165, 1.54) is 30.6 Å². The molecule has 0 unspecified atom stereocenters. The Morgan fingerprint density at radius 3 is 2.80 bits per heavy atom. The number of aromatic nitrogens is 2. The summed E-state index contributed by atoms with van der Waals surface area (Å²) in [5, 5.41) is 0. The Kier molecular flexibility index (Phi) is 8.33. The maximum Gasteiger partial charge on any atom is 0.409 e. The van der Waals surface area contributed by atoms with E-state index in [4.69, 9.17) is 21.1 Å². The quantitative estimate of drug-likeness (QED) is 0.474. The van der Waals surface area contributed by atoms with Gasteiger partial charge in [0, 0.05) is 19.2 Å². The molecule has 1 amide bonds. The van der Waals surface area contributed by atoms with E-state index in [-0.39, 0.29) is 18.8 Å². The second-order valence-corrected chi connectivity index (χ2v) is 9.44. The van der Waals surface area contributed by atoms with Crippen molar-refractivity contribution >= 4 is 29.0 Å². The van der Waals surface area contributed by atoms with Gasteiger partial charge in [-0.15, -0.1) is 11.3 Å². The molecule has 1 saturated carbocycles. The normalized spacial score (nSPS) is 14.5. The summed E-state index contributed by atoms with van der Waals surface area (Å²) in [7, 11) is 1.75. The van der Waals surface area contributed by atoms with Gasteiger partial charge in [-0.1, -0.05) is 31.4 Å². The van der Waals surface area contributed by atoms with Gasteiger partial charge in [-0.3, -0.25) is 0 Å². The van der Waals surface area contributed by atoms with E-state index >= 15 is 0 Å². The van der Waals surface area contributed by atoms with E-state index in [2.05, 4.69) is 16.9 Å². The van der Waals surface area contributed by atoms with Gasteiger partial charge in [-0.05, 0) is 45.1 Å². The second kappa shape index (κ2) is 11.0. The van der Waals surface area contributed by atoms with Gasteiger partial charge in [0.2, 0.25) is 0 Å². The lowest BCUT2D eigenvalue weighted by atomic mass is 9.98. The Labute approximate surface area is 187 Å². The van der Waals surface area contributed by atoms with Crippen molar-refractivity contribution < 1.29 is 14.3 Å². The van der Waals surface area contributed by atoms with E-state index in [9.17, 15) is 4.79 Å². The number of hydrogen-bond acceptors (Lipinski definition) is 6. The van der Waals surface area contributed by atoms with Crippen molar-refractivity contribution in [1.29, 1.82) is 0 Å². The summed E-state index contributed by atoms with van der Waals surface area (Å²) in [6, 6.07) is 1.81. The van der Waals surface area contributed by atoms with Crippen molar-refractivity contribution in [3.8, 4) is 16.5 Å². The predicted molar refractivity (Wildman–Crippen MR) is 120 cm³/mol. The number of aryl methyl sites for hydroxylation is 1. The lowest BCUT2D eigenvalue weighted by Gasteiger charge is -2.23. The first-order valence-corrected chi connectivity index (χ1v) is 11.8. The number of thiophene rings is 1. The molecule has 1 aliphatic carbocycles. The van der Waals surface area contributed by atoms with Gasteiger partial charge >= 0.3 is 6.09 Å². The smallest absolute Gasteiger partial charge is 0.409 e. The maximum absolute atomic E-state index is 12.2. The molecule has 0 aromatic carbocycles. The molecule has 0 N–H and O–H groups in total. The Bertz CT molecular complexity index is 852. The van der Waals surface area contributed by atoms with Gasteiger partial charge in [0.25, 0.3) is 0 Å². The number of ether oxygens (including phenoxy) is 2. The largest absolute Gasteiger partial charge is 0.487 e. The zero-order valence-corrected chi connectivity index (χ0v) is 19.5. The lowest BCUT2D eigenvalue weighted by Crippen LogP contribution is -2.28. The molecule has 0 atom stereocenters. The van der Waals surface area contributed by atoms with Crippen molar-refractivity contribution in [3.63, 3.8) is 0 Å². The molecule has 0 spiro atoms. The minimum atomic E-state index is -0.343. The van der Waals surface area contributed by atoms with Crippen LogP contribution in [0.5, 0.6) is 5.75 Å². The SMILES string of the molecule is CCCCN(C)C(=O)OCc1cc(Cl)sc1-c1ncc(OC2CCCCC2)c(C)n1. The van der Waals surface area contributed by atoms with Crippen LogP contribution in [0, 0.1) is 6.92 Å². The third-order valence-corrected chi connectivity index (χ3v) is 6.57. The maximum atomic E-state index is 12.2. The average Bonchev–Trinajstić information content (AvgIpc) is 3.13. The van der Waals surface area contributed by atoms with Crippen LogP contribution in [-0.2, 0) is 11.3 Å². The number of carbonyl (C=O) groups excluding carboxylic acids is 1. The lowest BCUT2D eigenvalue weighted by molar-refractivity contribution is 0.104. The molecule has 0 aliphatic heterocycles. The van der Waals surface area contributed by atoms with Crippen LogP contribution in [0.1, 0.15) is 63.1 Å². The highest BCUT2D eigenvalue weighted by Crippen LogP contribution is 2.35. The minimum Gasteiger partial charge on any atom is -0.487 e. The molecule has 6 nitrogen and oxygen atoms in total. The van der Waals surface area contributed by atoms with Gasteiger partial charge in [0.1, 0.15) is 6.61 Å². The first kappa shape index (κ1) is 22.8. The van der Waals surface area contributed by atoms with E-state index in [1.54, 1.807) is 18.1 Å². The van der Waals surface area contributed by atoms with Gasteiger partial charge in [-0.2, -0.15) is 0 Å². The predicted octanol–water partition coefficient (Wildman–Crippen LogP) is 6.25. The Morgan fingerprint density at radius 2 is 2.10 bits per heavy atom. The van der Waals surface area contributed by atoms with Crippen molar-refractivity contribution in [2.45, 2.75) is 71.5 Å². The minimum absolute atomic E-state index is 0.136. The molecule has 8 heteroatoms. The standard InChI is InChI=1S/C22H30ClN3O3S/c1-4-5-11-26(3)22(27)28-14-16-12-19(23)30-20(16)21-24-13-18(15(2)25-21)29-17-9-7-6-8-10-17/h12-13,17H,4-11,14H2,1-3H3. The van der Waals surface area contributed by atoms with E-state index in [1.807, 2.05) is 13.0 Å². The van der Waals surface area contributed by atoms with Crippen LogP contribution in [0.4, 0.5) is 4.79 Å². The molecule has 1 aliphatic rings. The summed E-state index contributed by atoms with van der Waals surface area (Å²) in [5.41, 5.74) is 1.61. The Balaban J connectivity index is 1.68. The molecule has 3 rings (SSSR count). The summed E-state index contributed by atoms with van der Waals surface area (Å²) >= 11 is 7.64. The number of rotatable bonds is 8. The monoisotopic (exact) mass is 451 g/mol. The summed E-state index contributed by atoms with van der Waals surface area (Å²) < 4.78 is 12.2. The van der Waals surface area contributed by atoms with Crippen molar-refractivity contribution in [2.24, 2.45) is 0 Å². The highest BCUT2D eigenvalue weighted by Gasteiger charge is 2.19. The van der Waals surface area contributed by atoms with Crippen LogP contribution in [0.2, 0.25) is 4.34 Å². The van der Waals surface area contributed by atoms with Crippen molar-refractivity contribution in [1.82, 2.24) is 14.9 Å². The fourth-order valence-electron chi connectivity index (χ4n) is 3.47. The molecule has 0 bridgehead atoms. The zero-order chi connectivity index (χ0) is 21.5. The summed E-state index contributed by atoms with van der Waals surface area (Å²) in [5.74, 6) is 1.31. The molecule has 30 heavy (non-hydrogen) atoms. The van der Waals surface area contributed by atoms with E-state index < -0.39 is 0 Å². The van der Waals surface area contributed by atoms with Crippen molar-refractivity contribution in [2.75, 3.05) is 13.6 Å². The molecule has 0 radical (unpaired) electrons. The van der Waals surface area contributed by atoms with Crippen LogP contribution in [0.25, 0.3) is 10.7 Å². The first-order valence-electron chi connectivity index (χ1n) is 10.6. The van der Waals surface area contributed by atoms with Gasteiger partial charge in [-0.25, -0.2) is 14.8 Å². The van der Waals surface area contributed by atoms with E-state index in [0.717, 1.165) is 47.6 Å². The zero-order valence-electron chi connectivity index (χ0n) is 17.9. The van der Waals surface area contributed by atoms with Crippen LogP contribution >= 0.6 is 22.9 Å². The summed E-state index contributed by atoms with van der Waals surface area (Å²) in [6.07, 6.45) is 9.52. The fourth-order valence-corrected chi connectivity index (χ4v) is 4.67. The van der Waals surface area contributed by atoms with Gasteiger partial charge in [0.15, 0.2) is 11.6 Å². The van der Waals surface area contributed by atoms with Crippen molar-refractivity contribution in [3.05, 3.63) is 27.9 Å². The second-order valence-electron chi connectivity index (χ2n) is 7.76. The molecule has 2 heterocycles. The average molecular weight is 452 g/mol. The van der Waals surface area contributed by atoms with Crippen LogP contribution in [-0.4, -0.2) is 40.7 Å². The number of nitrogens with zero attached hydrogens (tertiary/aromatic N) is 3. The third kappa shape index (κ3) is 6.08. The number of halogens is 1. The molecule has 0 saturated heterocycles. The number of unbranched alkanes of at least 4 members (excludes halogenated alkanes) is 1. The highest BCUT2D eigenvalue weighted by atomic mass is 35.5. The molecular formula is C22H30ClN3O3S. The molecule has 1 fully saturated rings. The van der Waals surface area contributed by atoms with Crippen LogP contribution in [0.3, 0.4) is 0 Å². The van der Waals surface area contributed by atoms with Gasteiger partial charge < -0.3 is 14.4 Å². The van der Waals surface area contributed by atoms with E-state index in [0.29, 0.717) is 16.7 Å². The number of hydrogen-bond donors (Lipinski definition) is 0. The fraction of sp³-hybridized carbons (Fsp3) is 0.591. The first-order chi connectivity index (χ1) is 14.5. The summed E-state index contributed by atoms with van der Waals surface area (Å²) in [6.45, 7) is 4.83. The molecule has 164 valence electrons. The highest BCUT2D eigenvalue weighted by molar-refractivity contribution is 7.19. The third-order valence-electron chi connectivity index (χ3n) is 5.27. The van der Waals surface area contributed by atoms with Gasteiger partial charge in [0.05, 0.1) is 27.2 Å². The molecule has 2 aromatic heterocycles. The number of carbonyl (C=O) groups is 1.